The number of fused-ring (bicyclic) bond motifs is 1. The average molecular weight is 394 g/mol. The van der Waals surface area contributed by atoms with Gasteiger partial charge in [0.1, 0.15) is 5.75 Å². The summed E-state index contributed by atoms with van der Waals surface area (Å²) >= 11 is 6.03. The van der Waals surface area contributed by atoms with E-state index >= 15 is 0 Å². The van der Waals surface area contributed by atoms with E-state index in [9.17, 15) is 13.2 Å². The number of hydrogen-bond donors (Lipinski definition) is 0. The van der Waals surface area contributed by atoms with E-state index in [-0.39, 0.29) is 22.5 Å². The number of sulfone groups is 1. The van der Waals surface area contributed by atoms with Crippen molar-refractivity contribution in [2.45, 2.75) is 37.9 Å². The molecule has 0 saturated carbocycles. The van der Waals surface area contributed by atoms with Crippen molar-refractivity contribution >= 4 is 27.3 Å². The zero-order valence-electron chi connectivity index (χ0n) is 14.8. The Hall–Kier alpha value is -2.05. The molecule has 3 rings (SSSR count). The third kappa shape index (κ3) is 3.86. The van der Waals surface area contributed by atoms with Crippen molar-refractivity contribution in [1.82, 2.24) is 4.90 Å². The minimum absolute atomic E-state index is 0.0942. The fraction of sp³-hybridized carbons (Fsp3) is 0.316. The number of carbonyl (C=O) groups excluding carboxylic acids is 1. The van der Waals surface area contributed by atoms with Crippen LogP contribution in [-0.2, 0) is 22.9 Å². The first kappa shape index (κ1) is 18.7. The summed E-state index contributed by atoms with van der Waals surface area (Å²) in [5, 5.41) is 0.626. The number of benzene rings is 2. The van der Waals surface area contributed by atoms with Crippen LogP contribution in [0.2, 0.25) is 5.02 Å². The smallest absolute Gasteiger partial charge is 0.258 e. The molecule has 5 nitrogen and oxygen atoms in total. The van der Waals surface area contributed by atoms with Crippen LogP contribution in [0.15, 0.2) is 41.3 Å². The third-order valence-electron chi connectivity index (χ3n) is 4.15. The Morgan fingerprint density at radius 2 is 1.81 bits per heavy atom. The van der Waals surface area contributed by atoms with Crippen LogP contribution in [-0.4, -0.2) is 31.6 Å². The van der Waals surface area contributed by atoms with Crippen LogP contribution < -0.4 is 4.74 Å². The predicted molar refractivity (Wildman–Crippen MR) is 100 cm³/mol. The molecule has 2 aromatic rings. The summed E-state index contributed by atoms with van der Waals surface area (Å²) in [6.45, 7) is 4.59. The van der Waals surface area contributed by atoms with Gasteiger partial charge in [0.2, 0.25) is 0 Å². The molecular weight excluding hydrogens is 374 g/mol. The first-order chi connectivity index (χ1) is 12.1. The molecular formula is C19H20ClNO4S. The van der Waals surface area contributed by atoms with Gasteiger partial charge < -0.3 is 9.64 Å². The van der Waals surface area contributed by atoms with E-state index in [2.05, 4.69) is 0 Å². The maximum Gasteiger partial charge on any atom is 0.258 e. The first-order valence-corrected chi connectivity index (χ1v) is 10.5. The van der Waals surface area contributed by atoms with Crippen LogP contribution >= 0.6 is 11.6 Å². The molecule has 1 aliphatic rings. The highest BCUT2D eigenvalue weighted by Gasteiger charge is 2.27. The molecule has 0 atom stereocenters. The van der Waals surface area contributed by atoms with Crippen LogP contribution in [0.3, 0.4) is 0 Å². The van der Waals surface area contributed by atoms with E-state index in [1.54, 1.807) is 17.0 Å². The number of hydrogen-bond acceptors (Lipinski definition) is 4. The van der Waals surface area contributed by atoms with Gasteiger partial charge in [0, 0.05) is 24.4 Å². The summed E-state index contributed by atoms with van der Waals surface area (Å²) in [6.07, 6.45) is 0.980. The second kappa shape index (κ2) is 6.93. The van der Waals surface area contributed by atoms with Gasteiger partial charge in [-0.15, -0.1) is 0 Å². The van der Waals surface area contributed by atoms with Gasteiger partial charge in [0.25, 0.3) is 5.91 Å². The molecule has 0 saturated heterocycles. The Kier molecular flexibility index (Phi) is 4.99. The topological polar surface area (TPSA) is 63.7 Å². The van der Waals surface area contributed by atoms with Crippen molar-refractivity contribution < 1.29 is 17.9 Å². The van der Waals surface area contributed by atoms with Crippen molar-refractivity contribution in [2.24, 2.45) is 0 Å². The van der Waals surface area contributed by atoms with Crippen molar-refractivity contribution in [2.75, 3.05) is 6.26 Å². The predicted octanol–water partition coefficient (Wildman–Crippen LogP) is 3.69. The molecule has 2 aromatic carbocycles. The van der Waals surface area contributed by atoms with Gasteiger partial charge in [-0.1, -0.05) is 17.7 Å². The summed E-state index contributed by atoms with van der Waals surface area (Å²) < 4.78 is 29.5. The molecule has 0 fully saturated rings. The van der Waals surface area contributed by atoms with Gasteiger partial charge in [0.05, 0.1) is 16.6 Å². The van der Waals surface area contributed by atoms with E-state index in [1.165, 1.54) is 12.1 Å². The molecule has 0 bridgehead atoms. The highest BCUT2D eigenvalue weighted by Crippen LogP contribution is 2.30. The maximum absolute atomic E-state index is 13.1. The second-order valence-electron chi connectivity index (χ2n) is 6.67. The van der Waals surface area contributed by atoms with E-state index in [1.807, 2.05) is 26.0 Å². The van der Waals surface area contributed by atoms with Gasteiger partial charge >= 0.3 is 0 Å². The molecule has 26 heavy (non-hydrogen) atoms. The van der Waals surface area contributed by atoms with Crippen LogP contribution in [0, 0.1) is 0 Å². The second-order valence-corrected chi connectivity index (χ2v) is 9.12. The minimum Gasteiger partial charge on any atom is -0.490 e. The van der Waals surface area contributed by atoms with Crippen LogP contribution in [0.4, 0.5) is 0 Å². The summed E-state index contributed by atoms with van der Waals surface area (Å²) in [4.78, 5) is 14.9. The number of halogens is 1. The minimum atomic E-state index is -3.43. The van der Waals surface area contributed by atoms with Gasteiger partial charge in [-0.25, -0.2) is 8.42 Å². The lowest BCUT2D eigenvalue weighted by atomic mass is 10.1. The van der Waals surface area contributed by atoms with Crippen LogP contribution in [0.25, 0.3) is 0 Å². The highest BCUT2D eigenvalue weighted by molar-refractivity contribution is 7.90. The Labute approximate surface area is 158 Å². The average Bonchev–Trinajstić information content (AvgIpc) is 2.96. The highest BCUT2D eigenvalue weighted by atomic mass is 35.5. The lowest BCUT2D eigenvalue weighted by Gasteiger charge is -2.20. The van der Waals surface area contributed by atoms with E-state index in [0.29, 0.717) is 23.9 Å². The summed E-state index contributed by atoms with van der Waals surface area (Å²) in [5.74, 6) is 0.116. The van der Waals surface area contributed by atoms with E-state index < -0.39 is 9.84 Å². The molecule has 7 heteroatoms. The summed E-state index contributed by atoms with van der Waals surface area (Å²) in [5.41, 5.74) is 2.28. The Bertz CT molecular complexity index is 969. The van der Waals surface area contributed by atoms with Crippen molar-refractivity contribution in [3.63, 3.8) is 0 Å². The molecule has 0 N–H and O–H groups in total. The zero-order chi connectivity index (χ0) is 19.1. The Morgan fingerprint density at radius 3 is 2.46 bits per heavy atom. The normalized spacial score (nSPS) is 13.8. The quantitative estimate of drug-likeness (QED) is 0.794. The van der Waals surface area contributed by atoms with Gasteiger partial charge in [0.15, 0.2) is 9.84 Å². The summed E-state index contributed by atoms with van der Waals surface area (Å²) in [6, 6.07) is 9.95. The SMILES string of the molecule is CC(C)Oc1ccc(S(C)(=O)=O)cc1C(=O)N1Cc2ccc(Cl)cc2C1. The molecule has 138 valence electrons. The fourth-order valence-corrected chi connectivity index (χ4v) is 3.78. The van der Waals surface area contributed by atoms with Gasteiger partial charge in [-0.2, -0.15) is 0 Å². The monoisotopic (exact) mass is 393 g/mol. The number of rotatable bonds is 4. The number of amides is 1. The van der Waals surface area contributed by atoms with Crippen LogP contribution in [0.1, 0.15) is 35.3 Å². The van der Waals surface area contributed by atoms with E-state index in [0.717, 1.165) is 17.4 Å². The number of carbonyl (C=O) groups is 1. The molecule has 1 heterocycles. The van der Waals surface area contributed by atoms with E-state index in [4.69, 9.17) is 16.3 Å². The third-order valence-corrected chi connectivity index (χ3v) is 5.50. The maximum atomic E-state index is 13.1. The number of nitrogens with zero attached hydrogens (tertiary/aromatic N) is 1. The van der Waals surface area contributed by atoms with Gasteiger partial charge in [-0.3, -0.25) is 4.79 Å². The zero-order valence-corrected chi connectivity index (χ0v) is 16.4. The molecule has 1 aliphatic heterocycles. The van der Waals surface area contributed by atoms with Gasteiger partial charge in [-0.05, 0) is 55.3 Å². The molecule has 0 spiro atoms. The van der Waals surface area contributed by atoms with Crippen molar-refractivity contribution in [3.8, 4) is 5.75 Å². The van der Waals surface area contributed by atoms with Crippen molar-refractivity contribution in [1.29, 1.82) is 0 Å². The Morgan fingerprint density at radius 1 is 1.12 bits per heavy atom. The molecule has 0 unspecified atom stereocenters. The molecule has 0 radical (unpaired) electrons. The molecule has 0 aliphatic carbocycles. The van der Waals surface area contributed by atoms with Crippen LogP contribution in [0.5, 0.6) is 5.75 Å². The lowest BCUT2D eigenvalue weighted by Crippen LogP contribution is -2.26. The number of ether oxygens (including phenoxy) is 1. The molecule has 0 aromatic heterocycles. The summed E-state index contributed by atoms with van der Waals surface area (Å²) in [7, 11) is -3.43. The lowest BCUT2D eigenvalue weighted by molar-refractivity contribution is 0.0745. The largest absolute Gasteiger partial charge is 0.490 e. The molecule has 1 amide bonds. The standard InChI is InChI=1S/C19H20ClNO4S/c1-12(2)25-18-7-6-16(26(3,23)24)9-17(18)19(22)21-10-13-4-5-15(20)8-14(13)11-21/h4-9,12H,10-11H2,1-3H3. The fourth-order valence-electron chi connectivity index (χ4n) is 2.94. The Balaban J connectivity index is 1.97. The first-order valence-electron chi connectivity index (χ1n) is 8.22. The van der Waals surface area contributed by atoms with Crippen molar-refractivity contribution in [3.05, 3.63) is 58.1 Å².